The van der Waals surface area contributed by atoms with Gasteiger partial charge in [-0.2, -0.15) is 0 Å². The second-order valence-corrected chi connectivity index (χ2v) is 6.70. The highest BCUT2D eigenvalue weighted by Crippen LogP contribution is 2.31. The number of rotatable bonds is 5. The monoisotopic (exact) mass is 317 g/mol. The van der Waals surface area contributed by atoms with Crippen LogP contribution >= 0.6 is 0 Å². The molecule has 0 bridgehead atoms. The summed E-state index contributed by atoms with van der Waals surface area (Å²) in [5.41, 5.74) is 0. The molecule has 0 aromatic heterocycles. The zero-order chi connectivity index (χ0) is 16.1. The molecule has 2 aliphatic heterocycles. The molecule has 1 aromatic carbocycles. The van der Waals surface area contributed by atoms with Crippen LogP contribution in [0.2, 0.25) is 0 Å². The predicted molar refractivity (Wildman–Crippen MR) is 89.4 cm³/mol. The molecule has 0 spiro atoms. The predicted octanol–water partition coefficient (Wildman–Crippen LogP) is 3.26. The normalized spacial score (nSPS) is 26.1. The molecule has 0 radical (unpaired) electrons. The van der Waals surface area contributed by atoms with Crippen molar-refractivity contribution in [2.75, 3.05) is 19.7 Å². The molecule has 2 fully saturated rings. The summed E-state index contributed by atoms with van der Waals surface area (Å²) in [7, 11) is 0. The van der Waals surface area contributed by atoms with Gasteiger partial charge in [0.05, 0.1) is 6.61 Å². The van der Waals surface area contributed by atoms with Crippen molar-refractivity contribution in [1.82, 2.24) is 4.90 Å². The first kappa shape index (κ1) is 16.3. The molecule has 4 nitrogen and oxygen atoms in total. The highest BCUT2D eigenvalue weighted by molar-refractivity contribution is 5.74. The summed E-state index contributed by atoms with van der Waals surface area (Å²) in [6.45, 7) is 4.71. The van der Waals surface area contributed by atoms with Crippen molar-refractivity contribution in [2.45, 2.75) is 51.2 Å². The Morgan fingerprint density at radius 2 is 1.96 bits per heavy atom. The van der Waals surface area contributed by atoms with Crippen molar-refractivity contribution in [1.29, 1.82) is 0 Å². The van der Waals surface area contributed by atoms with E-state index >= 15 is 0 Å². The maximum Gasteiger partial charge on any atom is 0.347 e. The van der Waals surface area contributed by atoms with Crippen LogP contribution in [-0.4, -0.2) is 42.7 Å². The van der Waals surface area contributed by atoms with Crippen molar-refractivity contribution in [2.24, 2.45) is 5.92 Å². The zero-order valence-electron chi connectivity index (χ0n) is 13.9. The van der Waals surface area contributed by atoms with E-state index in [4.69, 9.17) is 9.47 Å². The lowest BCUT2D eigenvalue weighted by Gasteiger charge is -2.44. The van der Waals surface area contributed by atoms with Crippen LogP contribution in [0.15, 0.2) is 30.3 Å². The summed E-state index contributed by atoms with van der Waals surface area (Å²) in [6.07, 6.45) is 5.68. The quantitative estimate of drug-likeness (QED) is 0.781. The Kier molecular flexibility index (Phi) is 5.55. The summed E-state index contributed by atoms with van der Waals surface area (Å²) in [5.74, 6) is 0.923. The SMILES string of the molecule is CC(Oc1ccccc1)C(=O)OC[C@@H]1CCCN2CCCC[C@H]12. The molecule has 1 aromatic rings. The number of esters is 1. The Hall–Kier alpha value is -1.55. The molecule has 2 heterocycles. The summed E-state index contributed by atoms with van der Waals surface area (Å²) in [5, 5.41) is 0. The number of para-hydroxylation sites is 1. The Bertz CT molecular complexity index is 503. The Labute approximate surface area is 138 Å². The van der Waals surface area contributed by atoms with Gasteiger partial charge in [0, 0.05) is 12.0 Å². The molecule has 0 N–H and O–H groups in total. The van der Waals surface area contributed by atoms with Crippen molar-refractivity contribution in [3.05, 3.63) is 30.3 Å². The van der Waals surface area contributed by atoms with Gasteiger partial charge < -0.3 is 9.47 Å². The molecule has 23 heavy (non-hydrogen) atoms. The van der Waals surface area contributed by atoms with Gasteiger partial charge in [-0.3, -0.25) is 4.90 Å². The first-order valence-corrected chi connectivity index (χ1v) is 8.86. The topological polar surface area (TPSA) is 38.8 Å². The summed E-state index contributed by atoms with van der Waals surface area (Å²) in [6, 6.07) is 10.0. The number of carbonyl (C=O) groups excluding carboxylic acids is 1. The van der Waals surface area contributed by atoms with Gasteiger partial charge in [-0.05, 0) is 57.8 Å². The number of fused-ring (bicyclic) bond motifs is 1. The molecule has 2 saturated heterocycles. The van der Waals surface area contributed by atoms with Gasteiger partial charge in [-0.15, -0.1) is 0 Å². The minimum Gasteiger partial charge on any atom is -0.479 e. The number of hydrogen-bond acceptors (Lipinski definition) is 4. The lowest BCUT2D eigenvalue weighted by atomic mass is 9.84. The van der Waals surface area contributed by atoms with Gasteiger partial charge in [0.25, 0.3) is 0 Å². The van der Waals surface area contributed by atoms with E-state index in [1.807, 2.05) is 30.3 Å². The van der Waals surface area contributed by atoms with E-state index in [0.717, 1.165) is 0 Å². The summed E-state index contributed by atoms with van der Waals surface area (Å²) >= 11 is 0. The van der Waals surface area contributed by atoms with Gasteiger partial charge in [-0.1, -0.05) is 24.6 Å². The fourth-order valence-electron chi connectivity index (χ4n) is 3.83. The molecule has 3 rings (SSSR count). The van der Waals surface area contributed by atoms with Crippen molar-refractivity contribution >= 4 is 5.97 Å². The number of hydrogen-bond donors (Lipinski definition) is 0. The molecular weight excluding hydrogens is 290 g/mol. The lowest BCUT2D eigenvalue weighted by Crippen LogP contribution is -2.49. The number of ether oxygens (including phenoxy) is 2. The Balaban J connectivity index is 1.48. The fraction of sp³-hybridized carbons (Fsp3) is 0.632. The molecule has 1 unspecified atom stereocenters. The highest BCUT2D eigenvalue weighted by atomic mass is 16.6. The molecule has 2 aliphatic rings. The molecule has 0 aliphatic carbocycles. The highest BCUT2D eigenvalue weighted by Gasteiger charge is 2.34. The third-order valence-corrected chi connectivity index (χ3v) is 5.06. The second-order valence-electron chi connectivity index (χ2n) is 6.70. The average molecular weight is 317 g/mol. The van der Waals surface area contributed by atoms with Gasteiger partial charge in [0.1, 0.15) is 5.75 Å². The van der Waals surface area contributed by atoms with Crippen LogP contribution < -0.4 is 4.74 Å². The Morgan fingerprint density at radius 1 is 1.17 bits per heavy atom. The third kappa shape index (κ3) is 4.25. The number of benzene rings is 1. The minimum atomic E-state index is -0.566. The molecule has 4 heteroatoms. The van der Waals surface area contributed by atoms with E-state index in [2.05, 4.69) is 4.90 Å². The molecule has 3 atom stereocenters. The van der Waals surface area contributed by atoms with E-state index < -0.39 is 6.10 Å². The first-order valence-electron chi connectivity index (χ1n) is 8.86. The number of piperidine rings is 2. The molecule has 0 saturated carbocycles. The van der Waals surface area contributed by atoms with Gasteiger partial charge >= 0.3 is 5.97 Å². The lowest BCUT2D eigenvalue weighted by molar-refractivity contribution is -0.154. The first-order chi connectivity index (χ1) is 11.2. The average Bonchev–Trinajstić information content (AvgIpc) is 2.60. The van der Waals surface area contributed by atoms with Crippen LogP contribution in [0.5, 0.6) is 5.75 Å². The van der Waals surface area contributed by atoms with E-state index in [1.165, 1.54) is 45.2 Å². The number of carbonyl (C=O) groups is 1. The maximum atomic E-state index is 12.2. The van der Waals surface area contributed by atoms with Crippen LogP contribution in [-0.2, 0) is 9.53 Å². The van der Waals surface area contributed by atoms with Crippen LogP contribution in [0, 0.1) is 5.92 Å². The zero-order valence-corrected chi connectivity index (χ0v) is 13.9. The van der Waals surface area contributed by atoms with Gasteiger partial charge in [0.15, 0.2) is 6.10 Å². The van der Waals surface area contributed by atoms with Crippen LogP contribution in [0.3, 0.4) is 0 Å². The Morgan fingerprint density at radius 3 is 2.78 bits per heavy atom. The third-order valence-electron chi connectivity index (χ3n) is 5.06. The van der Waals surface area contributed by atoms with Crippen molar-refractivity contribution < 1.29 is 14.3 Å². The van der Waals surface area contributed by atoms with E-state index in [0.29, 0.717) is 24.3 Å². The largest absolute Gasteiger partial charge is 0.479 e. The van der Waals surface area contributed by atoms with E-state index in [9.17, 15) is 4.79 Å². The second kappa shape index (κ2) is 7.82. The van der Waals surface area contributed by atoms with Crippen LogP contribution in [0.25, 0.3) is 0 Å². The van der Waals surface area contributed by atoms with Crippen molar-refractivity contribution in [3.63, 3.8) is 0 Å². The molecule has 126 valence electrons. The summed E-state index contributed by atoms with van der Waals surface area (Å²) < 4.78 is 11.2. The standard InChI is InChI=1S/C19H27NO3/c1-15(23-17-9-3-2-4-10-17)19(21)22-14-16-8-7-13-20-12-6-5-11-18(16)20/h2-4,9-10,15-16,18H,5-8,11-14H2,1H3/t15?,16-,18+/m0/s1. The molecule has 0 amide bonds. The van der Waals surface area contributed by atoms with Crippen LogP contribution in [0.4, 0.5) is 0 Å². The fourth-order valence-corrected chi connectivity index (χ4v) is 3.83. The van der Waals surface area contributed by atoms with Gasteiger partial charge in [0.2, 0.25) is 0 Å². The summed E-state index contributed by atoms with van der Waals surface area (Å²) in [4.78, 5) is 14.8. The maximum absolute atomic E-state index is 12.2. The minimum absolute atomic E-state index is 0.262. The van der Waals surface area contributed by atoms with E-state index in [1.54, 1.807) is 6.92 Å². The smallest absolute Gasteiger partial charge is 0.347 e. The number of nitrogens with zero attached hydrogens (tertiary/aromatic N) is 1. The molecular formula is C19H27NO3. The van der Waals surface area contributed by atoms with Crippen LogP contribution in [0.1, 0.15) is 39.0 Å². The van der Waals surface area contributed by atoms with Gasteiger partial charge in [-0.25, -0.2) is 4.79 Å². The van der Waals surface area contributed by atoms with E-state index in [-0.39, 0.29) is 5.97 Å². The van der Waals surface area contributed by atoms with Crippen molar-refractivity contribution in [3.8, 4) is 5.75 Å².